The third-order valence-corrected chi connectivity index (χ3v) is 3.81. The van der Waals surface area contributed by atoms with Crippen LogP contribution in [-0.2, 0) is 4.74 Å². The van der Waals surface area contributed by atoms with E-state index in [1.54, 1.807) is 24.1 Å². The quantitative estimate of drug-likeness (QED) is 0.869. The highest BCUT2D eigenvalue weighted by Crippen LogP contribution is 2.18. The molecule has 2 amide bonds. The third-order valence-electron chi connectivity index (χ3n) is 3.81. The fourth-order valence-electron chi connectivity index (χ4n) is 2.59. The summed E-state index contributed by atoms with van der Waals surface area (Å²) in [7, 11) is 1.55. The molecule has 2 rings (SSSR count). The molecule has 6 heteroatoms. The Kier molecular flexibility index (Phi) is 5.52. The summed E-state index contributed by atoms with van der Waals surface area (Å²) in [6, 6.07) is 5.72. The number of methoxy groups -OCH3 is 1. The zero-order valence-electron chi connectivity index (χ0n) is 12.1. The number of amides is 2. The highest BCUT2D eigenvalue weighted by molar-refractivity contribution is 5.74. The van der Waals surface area contributed by atoms with E-state index in [-0.39, 0.29) is 30.6 Å². The lowest BCUT2D eigenvalue weighted by atomic mass is 10.1. The van der Waals surface area contributed by atoms with Gasteiger partial charge in [-0.1, -0.05) is 12.1 Å². The van der Waals surface area contributed by atoms with Gasteiger partial charge < -0.3 is 20.1 Å². The maximum Gasteiger partial charge on any atom is 0.317 e. The summed E-state index contributed by atoms with van der Waals surface area (Å²) in [6.07, 6.45) is 1.41. The van der Waals surface area contributed by atoms with Crippen molar-refractivity contribution in [3.8, 4) is 0 Å². The lowest BCUT2D eigenvalue weighted by Gasteiger charge is -2.25. The van der Waals surface area contributed by atoms with E-state index in [1.165, 1.54) is 12.1 Å². The molecule has 0 unspecified atom stereocenters. The van der Waals surface area contributed by atoms with Crippen molar-refractivity contribution in [3.05, 3.63) is 35.6 Å². The Labute approximate surface area is 123 Å². The van der Waals surface area contributed by atoms with Crippen LogP contribution >= 0.6 is 0 Å². The molecule has 1 aromatic rings. The molecule has 1 aliphatic heterocycles. The van der Waals surface area contributed by atoms with Crippen LogP contribution in [0.5, 0.6) is 0 Å². The number of likely N-dealkylation sites (tertiary alicyclic amines) is 1. The molecule has 21 heavy (non-hydrogen) atoms. The van der Waals surface area contributed by atoms with Crippen LogP contribution in [0.3, 0.4) is 0 Å². The minimum absolute atomic E-state index is 0.0148. The molecule has 1 heterocycles. The van der Waals surface area contributed by atoms with Gasteiger partial charge in [0.25, 0.3) is 0 Å². The summed E-state index contributed by atoms with van der Waals surface area (Å²) in [5.74, 6) is -0.305. The number of urea groups is 1. The fourth-order valence-corrected chi connectivity index (χ4v) is 2.59. The van der Waals surface area contributed by atoms with Crippen molar-refractivity contribution in [3.63, 3.8) is 0 Å². The Balaban J connectivity index is 1.90. The van der Waals surface area contributed by atoms with E-state index in [1.807, 2.05) is 0 Å². The number of aliphatic hydroxyl groups is 1. The van der Waals surface area contributed by atoms with Crippen molar-refractivity contribution in [2.75, 3.05) is 26.8 Å². The SMILES string of the molecule is CO[C@@H](CNC(=O)N1CCC[C@H]1CO)c1ccc(F)cc1. The zero-order chi connectivity index (χ0) is 15.2. The van der Waals surface area contributed by atoms with Crippen LogP contribution in [0.4, 0.5) is 9.18 Å². The first-order chi connectivity index (χ1) is 10.2. The molecule has 0 bridgehead atoms. The average Bonchev–Trinajstić information content (AvgIpc) is 2.98. The Bertz CT molecular complexity index is 466. The van der Waals surface area contributed by atoms with Gasteiger partial charge in [0.2, 0.25) is 0 Å². The van der Waals surface area contributed by atoms with Gasteiger partial charge in [0.15, 0.2) is 0 Å². The first-order valence-corrected chi connectivity index (χ1v) is 7.09. The number of rotatable bonds is 5. The van der Waals surface area contributed by atoms with Gasteiger partial charge in [-0.25, -0.2) is 9.18 Å². The van der Waals surface area contributed by atoms with Crippen molar-refractivity contribution >= 4 is 6.03 Å². The number of aliphatic hydroxyl groups excluding tert-OH is 1. The number of nitrogens with zero attached hydrogens (tertiary/aromatic N) is 1. The smallest absolute Gasteiger partial charge is 0.317 e. The van der Waals surface area contributed by atoms with E-state index in [9.17, 15) is 14.3 Å². The number of hydrogen-bond donors (Lipinski definition) is 2. The van der Waals surface area contributed by atoms with Gasteiger partial charge >= 0.3 is 6.03 Å². The first-order valence-electron chi connectivity index (χ1n) is 7.09. The van der Waals surface area contributed by atoms with Gasteiger partial charge in [0.1, 0.15) is 5.82 Å². The van der Waals surface area contributed by atoms with Crippen LogP contribution in [0.25, 0.3) is 0 Å². The highest BCUT2D eigenvalue weighted by Gasteiger charge is 2.28. The van der Waals surface area contributed by atoms with Crippen molar-refractivity contribution < 1.29 is 19.0 Å². The lowest BCUT2D eigenvalue weighted by molar-refractivity contribution is 0.0993. The Hall–Kier alpha value is -1.66. The molecule has 2 atom stereocenters. The zero-order valence-corrected chi connectivity index (χ0v) is 12.1. The minimum atomic E-state index is -0.329. The van der Waals surface area contributed by atoms with E-state index in [0.29, 0.717) is 13.1 Å². The topological polar surface area (TPSA) is 61.8 Å². The van der Waals surface area contributed by atoms with Gasteiger partial charge in [0, 0.05) is 20.2 Å². The van der Waals surface area contributed by atoms with E-state index < -0.39 is 0 Å². The number of carbonyl (C=O) groups is 1. The predicted molar refractivity (Wildman–Crippen MR) is 76.4 cm³/mol. The molecule has 1 aromatic carbocycles. The molecule has 0 aromatic heterocycles. The van der Waals surface area contributed by atoms with Crippen molar-refractivity contribution in [1.82, 2.24) is 10.2 Å². The standard InChI is InChI=1S/C15H21FN2O3/c1-21-14(11-4-6-12(16)7-5-11)9-17-15(20)18-8-2-3-13(18)10-19/h4-7,13-14,19H,2-3,8-10H2,1H3,(H,17,20)/t13-,14-/m0/s1. The number of hydrogen-bond acceptors (Lipinski definition) is 3. The summed E-state index contributed by atoms with van der Waals surface area (Å²) >= 11 is 0. The van der Waals surface area contributed by atoms with E-state index in [2.05, 4.69) is 5.32 Å². The molecule has 0 spiro atoms. The van der Waals surface area contributed by atoms with Crippen LogP contribution in [0.1, 0.15) is 24.5 Å². The molecule has 1 fully saturated rings. The van der Waals surface area contributed by atoms with Gasteiger partial charge in [-0.15, -0.1) is 0 Å². The molecule has 0 saturated carbocycles. The average molecular weight is 296 g/mol. The van der Waals surface area contributed by atoms with E-state index >= 15 is 0 Å². The Morgan fingerprint density at radius 2 is 2.24 bits per heavy atom. The number of ether oxygens (including phenoxy) is 1. The van der Waals surface area contributed by atoms with Crippen LogP contribution in [0.2, 0.25) is 0 Å². The Morgan fingerprint density at radius 3 is 2.86 bits per heavy atom. The summed E-state index contributed by atoms with van der Waals surface area (Å²) in [4.78, 5) is 13.8. The molecular weight excluding hydrogens is 275 g/mol. The summed E-state index contributed by atoms with van der Waals surface area (Å²) in [5.41, 5.74) is 0.805. The second-order valence-corrected chi connectivity index (χ2v) is 5.13. The molecule has 1 aliphatic rings. The second kappa shape index (κ2) is 7.38. The number of halogens is 1. The van der Waals surface area contributed by atoms with Gasteiger partial charge in [0.05, 0.1) is 18.8 Å². The van der Waals surface area contributed by atoms with Crippen LogP contribution in [0.15, 0.2) is 24.3 Å². The predicted octanol–water partition coefficient (Wildman–Crippen LogP) is 1.68. The number of nitrogens with one attached hydrogen (secondary N) is 1. The van der Waals surface area contributed by atoms with Crippen molar-refractivity contribution in [2.45, 2.75) is 25.0 Å². The summed E-state index contributed by atoms with van der Waals surface area (Å²) < 4.78 is 18.3. The fraction of sp³-hybridized carbons (Fsp3) is 0.533. The Morgan fingerprint density at radius 1 is 1.52 bits per heavy atom. The largest absolute Gasteiger partial charge is 0.394 e. The van der Waals surface area contributed by atoms with Gasteiger partial charge in [-0.2, -0.15) is 0 Å². The molecule has 5 nitrogen and oxygen atoms in total. The van der Waals surface area contributed by atoms with E-state index in [0.717, 1.165) is 18.4 Å². The molecule has 116 valence electrons. The molecule has 1 saturated heterocycles. The first kappa shape index (κ1) is 15.7. The van der Waals surface area contributed by atoms with E-state index in [4.69, 9.17) is 4.74 Å². The monoisotopic (exact) mass is 296 g/mol. The van der Waals surface area contributed by atoms with Crippen LogP contribution in [-0.4, -0.2) is 48.9 Å². The number of carbonyl (C=O) groups excluding carboxylic acids is 1. The molecule has 0 aliphatic carbocycles. The minimum Gasteiger partial charge on any atom is -0.394 e. The highest BCUT2D eigenvalue weighted by atomic mass is 19.1. The van der Waals surface area contributed by atoms with Gasteiger partial charge in [-0.05, 0) is 30.5 Å². The maximum atomic E-state index is 12.9. The van der Waals surface area contributed by atoms with Crippen molar-refractivity contribution in [1.29, 1.82) is 0 Å². The third kappa shape index (κ3) is 3.92. The van der Waals surface area contributed by atoms with Gasteiger partial charge in [-0.3, -0.25) is 0 Å². The van der Waals surface area contributed by atoms with Crippen molar-refractivity contribution in [2.24, 2.45) is 0 Å². The number of benzene rings is 1. The van der Waals surface area contributed by atoms with Crippen LogP contribution in [0, 0.1) is 5.82 Å². The lowest BCUT2D eigenvalue weighted by Crippen LogP contribution is -2.45. The molecule has 0 radical (unpaired) electrons. The maximum absolute atomic E-state index is 12.9. The summed E-state index contributed by atoms with van der Waals surface area (Å²) in [6.45, 7) is 0.944. The normalized spacial score (nSPS) is 19.6. The molecule has 2 N–H and O–H groups in total. The molecular formula is C15H21FN2O3. The van der Waals surface area contributed by atoms with Crippen LogP contribution < -0.4 is 5.32 Å². The summed E-state index contributed by atoms with van der Waals surface area (Å²) in [5, 5.41) is 12.0. The second-order valence-electron chi connectivity index (χ2n) is 5.13.